The maximum atomic E-state index is 12.5. The largest absolute Gasteiger partial charge is 0.497 e. The van der Waals surface area contributed by atoms with Crippen LogP contribution in [0.25, 0.3) is 0 Å². The molecule has 116 valence electrons. The van der Waals surface area contributed by atoms with E-state index in [1.165, 1.54) is 12.0 Å². The summed E-state index contributed by atoms with van der Waals surface area (Å²) in [4.78, 5) is 24.9. The van der Waals surface area contributed by atoms with Gasteiger partial charge in [0.2, 0.25) is 0 Å². The standard InChI is InChI=1S/C15H21NO5/c1-11(15(19)20)10-16(7-4-8-17)14(18)12-5-3-6-13(9-12)21-2/h3,5-6,9,11,17H,4,7-8,10H2,1-2H3,(H,19,20). The topological polar surface area (TPSA) is 87.1 Å². The van der Waals surface area contributed by atoms with E-state index >= 15 is 0 Å². The van der Waals surface area contributed by atoms with Gasteiger partial charge in [0.25, 0.3) is 5.91 Å². The van der Waals surface area contributed by atoms with Gasteiger partial charge in [0.05, 0.1) is 13.0 Å². The fourth-order valence-electron chi connectivity index (χ4n) is 1.88. The Hall–Kier alpha value is -2.08. The van der Waals surface area contributed by atoms with Crippen LogP contribution in [0.5, 0.6) is 5.75 Å². The smallest absolute Gasteiger partial charge is 0.308 e. The monoisotopic (exact) mass is 295 g/mol. The summed E-state index contributed by atoms with van der Waals surface area (Å²) in [5.74, 6) is -1.33. The molecule has 1 aromatic rings. The number of hydrogen-bond acceptors (Lipinski definition) is 4. The van der Waals surface area contributed by atoms with Gasteiger partial charge in [0.1, 0.15) is 5.75 Å². The molecular weight excluding hydrogens is 274 g/mol. The minimum Gasteiger partial charge on any atom is -0.497 e. The highest BCUT2D eigenvalue weighted by atomic mass is 16.5. The molecule has 6 heteroatoms. The fraction of sp³-hybridized carbons (Fsp3) is 0.467. The van der Waals surface area contributed by atoms with Gasteiger partial charge >= 0.3 is 5.97 Å². The lowest BCUT2D eigenvalue weighted by Crippen LogP contribution is -2.38. The first-order chi connectivity index (χ1) is 9.99. The molecule has 0 saturated heterocycles. The Labute approximate surface area is 124 Å². The van der Waals surface area contributed by atoms with E-state index < -0.39 is 11.9 Å². The van der Waals surface area contributed by atoms with Crippen molar-refractivity contribution in [3.05, 3.63) is 29.8 Å². The number of rotatable bonds is 8. The van der Waals surface area contributed by atoms with E-state index in [1.807, 2.05) is 0 Å². The number of aliphatic carboxylic acids is 1. The normalized spacial score (nSPS) is 11.8. The molecule has 6 nitrogen and oxygen atoms in total. The molecule has 0 aromatic heterocycles. The number of aliphatic hydroxyl groups excluding tert-OH is 1. The summed E-state index contributed by atoms with van der Waals surface area (Å²) in [6.07, 6.45) is 0.405. The van der Waals surface area contributed by atoms with Gasteiger partial charge in [0.15, 0.2) is 0 Å². The van der Waals surface area contributed by atoms with Crippen LogP contribution in [0.3, 0.4) is 0 Å². The maximum absolute atomic E-state index is 12.5. The molecule has 21 heavy (non-hydrogen) atoms. The first-order valence-electron chi connectivity index (χ1n) is 6.76. The average Bonchev–Trinajstić information content (AvgIpc) is 2.50. The van der Waals surface area contributed by atoms with E-state index in [4.69, 9.17) is 14.9 Å². The molecule has 0 bridgehead atoms. The number of carboxylic acids is 1. The number of carbonyl (C=O) groups excluding carboxylic acids is 1. The Balaban J connectivity index is 2.89. The number of aliphatic hydroxyl groups is 1. The molecule has 1 atom stereocenters. The van der Waals surface area contributed by atoms with Gasteiger partial charge in [0, 0.05) is 25.3 Å². The van der Waals surface area contributed by atoms with Crippen LogP contribution in [0.1, 0.15) is 23.7 Å². The number of amides is 1. The Morgan fingerprint density at radius 3 is 2.67 bits per heavy atom. The minimum absolute atomic E-state index is 0.0522. The Bertz CT molecular complexity index is 489. The molecule has 1 rings (SSSR count). The summed E-state index contributed by atoms with van der Waals surface area (Å²) in [5, 5.41) is 17.9. The third-order valence-corrected chi connectivity index (χ3v) is 3.11. The van der Waals surface area contributed by atoms with Crippen molar-refractivity contribution in [3.63, 3.8) is 0 Å². The van der Waals surface area contributed by atoms with Crippen LogP contribution < -0.4 is 4.74 Å². The molecule has 0 aliphatic rings. The number of carbonyl (C=O) groups is 2. The van der Waals surface area contributed by atoms with Crippen molar-refractivity contribution < 1.29 is 24.5 Å². The third-order valence-electron chi connectivity index (χ3n) is 3.11. The van der Waals surface area contributed by atoms with Crippen molar-refractivity contribution in [3.8, 4) is 5.75 Å². The second kappa shape index (κ2) is 8.26. The van der Waals surface area contributed by atoms with Crippen LogP contribution in [-0.2, 0) is 4.79 Å². The van der Waals surface area contributed by atoms with Gasteiger partial charge in [-0.3, -0.25) is 9.59 Å². The first kappa shape index (κ1) is 17.0. The number of methoxy groups -OCH3 is 1. The molecule has 2 N–H and O–H groups in total. The van der Waals surface area contributed by atoms with Gasteiger partial charge in [-0.1, -0.05) is 13.0 Å². The highest BCUT2D eigenvalue weighted by Gasteiger charge is 2.21. The first-order valence-corrected chi connectivity index (χ1v) is 6.76. The van der Waals surface area contributed by atoms with Gasteiger partial charge in [-0.15, -0.1) is 0 Å². The number of benzene rings is 1. The van der Waals surface area contributed by atoms with Crippen molar-refractivity contribution in [2.75, 3.05) is 26.8 Å². The van der Waals surface area contributed by atoms with Gasteiger partial charge in [-0.25, -0.2) is 0 Å². The molecule has 0 saturated carbocycles. The predicted octanol–water partition coefficient (Wildman–Crippen LogP) is 1.24. The number of ether oxygens (including phenoxy) is 1. The average molecular weight is 295 g/mol. The van der Waals surface area contributed by atoms with E-state index in [-0.39, 0.29) is 19.1 Å². The van der Waals surface area contributed by atoms with E-state index in [0.717, 1.165) is 0 Å². The lowest BCUT2D eigenvalue weighted by Gasteiger charge is -2.24. The highest BCUT2D eigenvalue weighted by Crippen LogP contribution is 2.15. The molecule has 0 heterocycles. The summed E-state index contributed by atoms with van der Waals surface area (Å²) in [5.41, 5.74) is 0.435. The van der Waals surface area contributed by atoms with Gasteiger partial charge in [-0.2, -0.15) is 0 Å². The van der Waals surface area contributed by atoms with Crippen LogP contribution in [-0.4, -0.2) is 53.8 Å². The van der Waals surface area contributed by atoms with Crippen molar-refractivity contribution in [2.45, 2.75) is 13.3 Å². The van der Waals surface area contributed by atoms with E-state index in [1.54, 1.807) is 31.2 Å². The highest BCUT2D eigenvalue weighted by molar-refractivity contribution is 5.94. The molecular formula is C15H21NO5. The zero-order valence-corrected chi connectivity index (χ0v) is 12.3. The molecule has 1 unspecified atom stereocenters. The van der Waals surface area contributed by atoms with Crippen LogP contribution in [0.15, 0.2) is 24.3 Å². The number of hydrogen-bond donors (Lipinski definition) is 2. The van der Waals surface area contributed by atoms with Gasteiger partial charge in [-0.05, 0) is 24.6 Å². The van der Waals surface area contributed by atoms with E-state index in [9.17, 15) is 9.59 Å². The summed E-state index contributed by atoms with van der Waals surface area (Å²) in [6, 6.07) is 6.70. The van der Waals surface area contributed by atoms with Crippen LogP contribution in [0, 0.1) is 5.92 Å². The minimum atomic E-state index is -0.956. The van der Waals surface area contributed by atoms with Gasteiger partial charge < -0.3 is 19.8 Å². The maximum Gasteiger partial charge on any atom is 0.308 e. The van der Waals surface area contributed by atoms with Crippen molar-refractivity contribution in [1.29, 1.82) is 0 Å². The van der Waals surface area contributed by atoms with E-state index in [0.29, 0.717) is 24.3 Å². The van der Waals surface area contributed by atoms with E-state index in [2.05, 4.69) is 0 Å². The van der Waals surface area contributed by atoms with Crippen LogP contribution in [0.2, 0.25) is 0 Å². The molecule has 0 aliphatic heterocycles. The fourth-order valence-corrected chi connectivity index (χ4v) is 1.88. The van der Waals surface area contributed by atoms with Crippen LogP contribution >= 0.6 is 0 Å². The second-order valence-corrected chi connectivity index (χ2v) is 4.80. The quantitative estimate of drug-likeness (QED) is 0.753. The molecule has 0 spiro atoms. The predicted molar refractivity (Wildman–Crippen MR) is 77.4 cm³/mol. The zero-order chi connectivity index (χ0) is 15.8. The third kappa shape index (κ3) is 5.07. The Morgan fingerprint density at radius 2 is 2.10 bits per heavy atom. The Kier molecular flexibility index (Phi) is 6.68. The van der Waals surface area contributed by atoms with Crippen molar-refractivity contribution in [1.82, 2.24) is 4.90 Å². The summed E-state index contributed by atoms with van der Waals surface area (Å²) in [7, 11) is 1.51. The molecule has 0 aliphatic carbocycles. The summed E-state index contributed by atoms with van der Waals surface area (Å²) in [6.45, 7) is 1.91. The summed E-state index contributed by atoms with van der Waals surface area (Å²) < 4.78 is 5.08. The molecule has 1 aromatic carbocycles. The molecule has 0 radical (unpaired) electrons. The SMILES string of the molecule is COc1cccc(C(=O)N(CCCO)CC(C)C(=O)O)c1. The molecule has 0 fully saturated rings. The lowest BCUT2D eigenvalue weighted by molar-refractivity contribution is -0.141. The molecule has 1 amide bonds. The van der Waals surface area contributed by atoms with Crippen LogP contribution in [0.4, 0.5) is 0 Å². The van der Waals surface area contributed by atoms with Crippen molar-refractivity contribution >= 4 is 11.9 Å². The Morgan fingerprint density at radius 1 is 1.38 bits per heavy atom. The number of carboxylic acid groups (broad SMARTS) is 1. The number of nitrogens with zero attached hydrogens (tertiary/aromatic N) is 1. The summed E-state index contributed by atoms with van der Waals surface area (Å²) >= 11 is 0. The second-order valence-electron chi connectivity index (χ2n) is 4.80. The zero-order valence-electron chi connectivity index (χ0n) is 12.3. The van der Waals surface area contributed by atoms with Crippen molar-refractivity contribution in [2.24, 2.45) is 5.92 Å². The lowest BCUT2D eigenvalue weighted by atomic mass is 10.1.